The fraction of sp³-hybridized carbons (Fsp3) is 0.188. The molecule has 0 saturated carbocycles. The van der Waals surface area contributed by atoms with Gasteiger partial charge in [0, 0.05) is 21.0 Å². The zero-order chi connectivity index (χ0) is 14.4. The molecule has 3 rings (SSSR count). The SMILES string of the molecule is CC(C)c1c(O)ccc2sc3c(O)cccc3c(=O)c12. The molecule has 0 spiro atoms. The Morgan fingerprint density at radius 1 is 1.05 bits per heavy atom. The molecule has 0 radical (unpaired) electrons. The van der Waals surface area contributed by atoms with Crippen molar-refractivity contribution < 1.29 is 10.2 Å². The van der Waals surface area contributed by atoms with Gasteiger partial charge in [0.2, 0.25) is 0 Å². The van der Waals surface area contributed by atoms with E-state index in [-0.39, 0.29) is 22.8 Å². The van der Waals surface area contributed by atoms with Crippen LogP contribution >= 0.6 is 11.3 Å². The fourth-order valence-electron chi connectivity index (χ4n) is 2.55. The Morgan fingerprint density at radius 3 is 2.50 bits per heavy atom. The second-order valence-corrected chi connectivity index (χ2v) is 6.16. The van der Waals surface area contributed by atoms with Crippen LogP contribution < -0.4 is 5.43 Å². The van der Waals surface area contributed by atoms with Gasteiger partial charge in [-0.1, -0.05) is 19.9 Å². The average Bonchev–Trinajstić information content (AvgIpc) is 2.40. The van der Waals surface area contributed by atoms with Gasteiger partial charge in [-0.15, -0.1) is 11.3 Å². The molecule has 4 heteroatoms. The Morgan fingerprint density at radius 2 is 1.80 bits per heavy atom. The lowest BCUT2D eigenvalue weighted by Crippen LogP contribution is -2.05. The summed E-state index contributed by atoms with van der Waals surface area (Å²) in [6, 6.07) is 8.29. The van der Waals surface area contributed by atoms with Crippen LogP contribution in [0.2, 0.25) is 0 Å². The summed E-state index contributed by atoms with van der Waals surface area (Å²) in [6.45, 7) is 3.90. The standard InChI is InChI=1S/C16H14O3S/c1-8(2)13-10(17)6-7-12-14(13)15(19)9-4-3-5-11(18)16(9)20-12/h3-8,17-18H,1-2H3. The van der Waals surface area contributed by atoms with Crippen molar-refractivity contribution in [3.8, 4) is 11.5 Å². The second-order valence-electron chi connectivity index (χ2n) is 5.11. The minimum atomic E-state index is -0.135. The van der Waals surface area contributed by atoms with Crippen molar-refractivity contribution >= 4 is 31.5 Å². The molecule has 2 aromatic carbocycles. The van der Waals surface area contributed by atoms with Crippen LogP contribution in [0.4, 0.5) is 0 Å². The lowest BCUT2D eigenvalue weighted by Gasteiger charge is -2.12. The second kappa shape index (κ2) is 4.49. The van der Waals surface area contributed by atoms with Gasteiger partial charge in [0.05, 0.1) is 4.70 Å². The number of fused-ring (bicyclic) bond motifs is 2. The van der Waals surface area contributed by atoms with Crippen molar-refractivity contribution in [3.05, 3.63) is 46.1 Å². The van der Waals surface area contributed by atoms with Crippen LogP contribution in [0.5, 0.6) is 11.5 Å². The first kappa shape index (κ1) is 12.9. The summed E-state index contributed by atoms with van der Waals surface area (Å²) < 4.78 is 1.37. The molecule has 1 aromatic heterocycles. The Labute approximate surface area is 119 Å². The van der Waals surface area contributed by atoms with E-state index in [1.807, 2.05) is 13.8 Å². The number of benzene rings is 2. The third kappa shape index (κ3) is 1.76. The molecule has 0 aliphatic heterocycles. The number of aromatic hydroxyl groups is 2. The van der Waals surface area contributed by atoms with Crippen LogP contribution in [0.3, 0.4) is 0 Å². The highest BCUT2D eigenvalue weighted by Crippen LogP contribution is 2.37. The van der Waals surface area contributed by atoms with E-state index < -0.39 is 0 Å². The molecule has 1 heterocycles. The van der Waals surface area contributed by atoms with Crippen molar-refractivity contribution in [2.24, 2.45) is 0 Å². The smallest absolute Gasteiger partial charge is 0.196 e. The van der Waals surface area contributed by atoms with Crippen LogP contribution in [0.1, 0.15) is 25.3 Å². The first-order valence-electron chi connectivity index (χ1n) is 6.41. The maximum atomic E-state index is 12.7. The number of phenols is 2. The molecule has 0 aliphatic carbocycles. The first-order chi connectivity index (χ1) is 9.50. The molecule has 3 aromatic rings. The number of hydrogen-bond acceptors (Lipinski definition) is 4. The Bertz CT molecular complexity index is 878. The van der Waals surface area contributed by atoms with Crippen molar-refractivity contribution in [1.29, 1.82) is 0 Å². The topological polar surface area (TPSA) is 57.5 Å². The molecule has 0 saturated heterocycles. The van der Waals surface area contributed by atoms with Gasteiger partial charge in [-0.25, -0.2) is 0 Å². The Hall–Kier alpha value is -2.07. The normalized spacial score (nSPS) is 11.6. The van der Waals surface area contributed by atoms with E-state index in [1.54, 1.807) is 30.3 Å². The Kier molecular flexibility index (Phi) is 2.91. The molecule has 0 aliphatic rings. The molecular weight excluding hydrogens is 272 g/mol. The molecule has 0 atom stereocenters. The molecule has 102 valence electrons. The lowest BCUT2D eigenvalue weighted by molar-refractivity contribution is 0.466. The van der Waals surface area contributed by atoms with E-state index in [4.69, 9.17) is 0 Å². The molecule has 3 nitrogen and oxygen atoms in total. The predicted molar refractivity (Wildman–Crippen MR) is 83.0 cm³/mol. The third-order valence-corrected chi connectivity index (χ3v) is 4.63. The van der Waals surface area contributed by atoms with Gasteiger partial charge >= 0.3 is 0 Å². The van der Waals surface area contributed by atoms with Crippen LogP contribution in [0.25, 0.3) is 20.2 Å². The van der Waals surface area contributed by atoms with Crippen molar-refractivity contribution in [2.45, 2.75) is 19.8 Å². The number of rotatable bonds is 1. The highest BCUT2D eigenvalue weighted by molar-refractivity contribution is 7.24. The summed E-state index contributed by atoms with van der Waals surface area (Å²) in [4.78, 5) is 12.7. The van der Waals surface area contributed by atoms with Gasteiger partial charge in [-0.3, -0.25) is 4.79 Å². The summed E-state index contributed by atoms with van der Waals surface area (Å²) >= 11 is 1.37. The van der Waals surface area contributed by atoms with Crippen LogP contribution in [-0.4, -0.2) is 10.2 Å². The summed E-state index contributed by atoms with van der Waals surface area (Å²) in [7, 11) is 0. The van der Waals surface area contributed by atoms with Gasteiger partial charge in [-0.05, 0) is 30.2 Å². The maximum absolute atomic E-state index is 12.7. The zero-order valence-corrected chi connectivity index (χ0v) is 12.0. The van der Waals surface area contributed by atoms with Gasteiger partial charge in [0.25, 0.3) is 0 Å². The quantitative estimate of drug-likeness (QED) is 0.666. The molecule has 0 unspecified atom stereocenters. The van der Waals surface area contributed by atoms with Crippen LogP contribution in [0.15, 0.2) is 35.1 Å². The van der Waals surface area contributed by atoms with E-state index in [0.717, 1.165) is 4.70 Å². The summed E-state index contributed by atoms with van der Waals surface area (Å²) in [5.41, 5.74) is 0.540. The zero-order valence-electron chi connectivity index (χ0n) is 11.2. The highest BCUT2D eigenvalue weighted by atomic mass is 32.1. The highest BCUT2D eigenvalue weighted by Gasteiger charge is 2.16. The molecular formula is C16H14O3S. The van der Waals surface area contributed by atoms with Gasteiger partial charge in [0.15, 0.2) is 5.43 Å². The third-order valence-electron chi connectivity index (χ3n) is 3.44. The molecule has 0 fully saturated rings. The van der Waals surface area contributed by atoms with E-state index in [1.165, 1.54) is 11.3 Å². The van der Waals surface area contributed by atoms with Gasteiger partial charge in [0.1, 0.15) is 11.5 Å². The van der Waals surface area contributed by atoms with E-state index in [9.17, 15) is 15.0 Å². The minimum Gasteiger partial charge on any atom is -0.508 e. The van der Waals surface area contributed by atoms with Gasteiger partial charge < -0.3 is 10.2 Å². The Balaban J connectivity index is 2.61. The summed E-state index contributed by atoms with van der Waals surface area (Å²) in [6.07, 6.45) is 0. The van der Waals surface area contributed by atoms with Crippen LogP contribution in [0, 0.1) is 0 Å². The summed E-state index contributed by atoms with van der Waals surface area (Å²) in [5.74, 6) is 0.315. The van der Waals surface area contributed by atoms with Crippen LogP contribution in [-0.2, 0) is 0 Å². The molecule has 2 N–H and O–H groups in total. The molecule has 0 bridgehead atoms. The minimum absolute atomic E-state index is 0.0494. The number of phenolic OH excluding ortho intramolecular Hbond substituents is 2. The van der Waals surface area contributed by atoms with Crippen molar-refractivity contribution in [3.63, 3.8) is 0 Å². The first-order valence-corrected chi connectivity index (χ1v) is 7.22. The average molecular weight is 286 g/mol. The van der Waals surface area contributed by atoms with Gasteiger partial charge in [-0.2, -0.15) is 0 Å². The van der Waals surface area contributed by atoms with E-state index >= 15 is 0 Å². The largest absolute Gasteiger partial charge is 0.508 e. The van der Waals surface area contributed by atoms with Crippen molar-refractivity contribution in [2.75, 3.05) is 0 Å². The summed E-state index contributed by atoms with van der Waals surface area (Å²) in [5, 5.41) is 21.0. The monoisotopic (exact) mass is 286 g/mol. The maximum Gasteiger partial charge on any atom is 0.196 e. The molecule has 20 heavy (non-hydrogen) atoms. The molecule has 0 amide bonds. The van der Waals surface area contributed by atoms with E-state index in [0.29, 0.717) is 21.0 Å². The fourth-order valence-corrected chi connectivity index (χ4v) is 3.65. The lowest BCUT2D eigenvalue weighted by atomic mass is 9.97. The number of hydrogen-bond donors (Lipinski definition) is 2. The van der Waals surface area contributed by atoms with Crippen molar-refractivity contribution in [1.82, 2.24) is 0 Å². The van der Waals surface area contributed by atoms with E-state index in [2.05, 4.69) is 0 Å². The predicted octanol–water partition coefficient (Wildman–Crippen LogP) is 3.95.